The minimum absolute atomic E-state index is 0. The van der Waals surface area contributed by atoms with Crippen molar-refractivity contribution in [2.75, 3.05) is 13.1 Å². The molecule has 0 aromatic rings. The number of hydrogen-bond donors (Lipinski definition) is 0. The number of hydrogen-bond acceptors (Lipinski definition) is 0. The van der Waals surface area contributed by atoms with Gasteiger partial charge in [-0.05, 0) is 0 Å². The van der Waals surface area contributed by atoms with E-state index < -0.39 is 0 Å². The van der Waals surface area contributed by atoms with Gasteiger partial charge >= 0.3 is 33.2 Å². The Hall–Kier alpha value is 0.926. The van der Waals surface area contributed by atoms with Crippen LogP contribution in [0.1, 0.15) is 0 Å². The Kier molecular flexibility index (Phi) is 91.0. The molecule has 0 rings (SSSR count). The normalized spacial score (nSPS) is 5.78. The van der Waals surface area contributed by atoms with Gasteiger partial charge in [0.2, 0.25) is 0 Å². The summed E-state index contributed by atoms with van der Waals surface area (Å²) < 4.78 is 0. The van der Waals surface area contributed by atoms with E-state index in [1.54, 1.807) is 0 Å². The zero-order valence-electron chi connectivity index (χ0n) is 4.50. The first-order chi connectivity index (χ1) is 3.33. The molecule has 0 aromatic carbocycles. The maximum absolute atomic E-state index is 6.26. The van der Waals surface area contributed by atoms with E-state index >= 15 is 0 Å². The summed E-state index contributed by atoms with van der Waals surface area (Å²) in [5, 5.41) is 0. The van der Waals surface area contributed by atoms with Crippen LogP contribution in [0, 0.1) is 0 Å². The Morgan fingerprint density at radius 1 is 1.00 bits per heavy atom. The van der Waals surface area contributed by atoms with Crippen molar-refractivity contribution in [1.82, 2.24) is 0 Å². The third-order valence-corrected chi connectivity index (χ3v) is 0.125. The van der Waals surface area contributed by atoms with Gasteiger partial charge in [0.05, 0.1) is 0 Å². The number of nitrogens with one attached hydrogen (secondary N) is 2. The Balaban J connectivity index is -0.0000000233. The van der Waals surface area contributed by atoms with Crippen molar-refractivity contribution < 1.29 is 23.8 Å². The van der Waals surface area contributed by atoms with E-state index in [9.17, 15) is 0 Å². The van der Waals surface area contributed by atoms with Crippen LogP contribution in [0.3, 0.4) is 0 Å². The summed E-state index contributed by atoms with van der Waals surface area (Å²) in [4.78, 5) is 0. The van der Waals surface area contributed by atoms with Crippen LogP contribution in [0.25, 0.3) is 11.5 Å². The molecule has 9 heavy (non-hydrogen) atoms. The molecule has 0 aliphatic carbocycles. The van der Waals surface area contributed by atoms with E-state index in [1.165, 1.54) is 0 Å². The third-order valence-electron chi connectivity index (χ3n) is 0.125. The summed E-state index contributed by atoms with van der Waals surface area (Å²) in [6.45, 7) is 0.472. The van der Waals surface area contributed by atoms with Crippen molar-refractivity contribution in [3.8, 4) is 0 Å². The zero-order chi connectivity index (χ0) is 6.12. The standard InChI is InChI=1S/C2H6N2.2ClH.Co.2H2O/c3-1-2-4;;;;;/h3-4H,1-2H2;2*1H;;2*1H2/q-2;;;+3;;/p-2. The Morgan fingerprint density at radius 2 is 1.11 bits per heavy atom. The topological polar surface area (TPSA) is 111 Å². The van der Waals surface area contributed by atoms with Gasteiger partial charge in [-0.25, -0.2) is 0 Å². The van der Waals surface area contributed by atoms with Crippen LogP contribution >= 0.6 is 20.3 Å². The molecule has 0 radical (unpaired) electrons. The molecule has 0 atom stereocenters. The predicted molar refractivity (Wildman–Crippen MR) is 37.3 cm³/mol. The fourth-order valence-corrected chi connectivity index (χ4v) is 0. The van der Waals surface area contributed by atoms with E-state index in [1.807, 2.05) is 0 Å². The van der Waals surface area contributed by atoms with Crippen LogP contribution in [-0.2, 0) is 12.9 Å². The second-order valence-corrected chi connectivity index (χ2v) is 2.27. The van der Waals surface area contributed by atoms with Crippen LogP contribution in [0.2, 0.25) is 0 Å². The summed E-state index contributed by atoms with van der Waals surface area (Å²) >= 11 is 0.382. The average Bonchev–Trinajstić information content (AvgIpc) is 1.69. The van der Waals surface area contributed by atoms with Crippen LogP contribution < -0.4 is 0 Å². The van der Waals surface area contributed by atoms with E-state index in [0.29, 0.717) is 12.9 Å². The predicted octanol–water partition coefficient (Wildman–Crippen LogP) is 0.818. The summed E-state index contributed by atoms with van der Waals surface area (Å²) in [7, 11) is 9.47. The molecule has 0 aromatic heterocycles. The second kappa shape index (κ2) is 36.4. The summed E-state index contributed by atoms with van der Waals surface area (Å²) in [5.41, 5.74) is 12.5. The van der Waals surface area contributed by atoms with Gasteiger partial charge in [0.25, 0.3) is 0 Å². The molecule has 0 saturated heterocycles. The van der Waals surface area contributed by atoms with Crippen molar-refractivity contribution in [2.24, 2.45) is 0 Å². The fraction of sp³-hybridized carbons (Fsp3) is 1.00. The summed E-state index contributed by atoms with van der Waals surface area (Å²) in [5.74, 6) is 0. The van der Waals surface area contributed by atoms with Gasteiger partial charge in [-0.2, -0.15) is 13.1 Å². The van der Waals surface area contributed by atoms with Gasteiger partial charge in [-0.3, -0.25) is 0 Å². The number of rotatable bonds is 1. The molecule has 0 bridgehead atoms. The van der Waals surface area contributed by atoms with Crippen molar-refractivity contribution in [3.63, 3.8) is 0 Å². The van der Waals surface area contributed by atoms with Crippen LogP contribution in [0.4, 0.5) is 0 Å². The first kappa shape index (κ1) is 22.5. The first-order valence-corrected chi connectivity index (χ1v) is 4.32. The largest absolute Gasteiger partial charge is 0.679 e. The van der Waals surface area contributed by atoms with Crippen LogP contribution in [-0.4, -0.2) is 24.0 Å². The molecule has 0 fully saturated rings. The molecule has 0 aliphatic heterocycles. The fourth-order valence-electron chi connectivity index (χ4n) is 0. The van der Waals surface area contributed by atoms with Crippen LogP contribution in [0.5, 0.6) is 0 Å². The number of halogens is 2. The van der Waals surface area contributed by atoms with Crippen molar-refractivity contribution in [1.29, 1.82) is 0 Å². The van der Waals surface area contributed by atoms with E-state index in [4.69, 9.17) is 31.8 Å². The zero-order valence-corrected chi connectivity index (χ0v) is 7.06. The molecule has 0 saturated carbocycles. The molecule has 0 unspecified atom stereocenters. The SMILES string of the molecule is O.O.[Cl][Co+][Cl].[NH-]CC[NH-]. The third kappa shape index (κ3) is 115. The van der Waals surface area contributed by atoms with Gasteiger partial charge < -0.3 is 22.4 Å². The first-order valence-electron chi connectivity index (χ1n) is 1.46. The van der Waals surface area contributed by atoms with E-state index in [0.717, 1.165) is 0 Å². The van der Waals surface area contributed by atoms with Gasteiger partial charge in [0, 0.05) is 0 Å². The monoisotopic (exact) mass is 223 g/mol. The molecule has 7 heteroatoms. The summed E-state index contributed by atoms with van der Waals surface area (Å²) in [6.07, 6.45) is 0. The van der Waals surface area contributed by atoms with Gasteiger partial charge in [0.1, 0.15) is 0 Å². The van der Waals surface area contributed by atoms with Gasteiger partial charge in [-0.1, -0.05) is 0 Å². The molecule has 64 valence electrons. The van der Waals surface area contributed by atoms with Crippen molar-refractivity contribution in [2.45, 2.75) is 0 Å². The van der Waals surface area contributed by atoms with E-state index in [2.05, 4.69) is 0 Å². The second-order valence-electron chi connectivity index (χ2n) is 0.548. The molecule has 0 aliphatic rings. The van der Waals surface area contributed by atoms with Gasteiger partial charge in [-0.15, -0.1) is 0 Å². The van der Waals surface area contributed by atoms with E-state index in [-0.39, 0.29) is 24.0 Å². The molecule has 4 nitrogen and oxygen atoms in total. The Bertz CT molecular complexity index is 28.0. The summed E-state index contributed by atoms with van der Waals surface area (Å²) in [6, 6.07) is 0. The van der Waals surface area contributed by atoms with Gasteiger partial charge in [0.15, 0.2) is 0 Å². The molecule has 6 N–H and O–H groups in total. The minimum atomic E-state index is 0. The van der Waals surface area contributed by atoms with Crippen molar-refractivity contribution in [3.05, 3.63) is 11.5 Å². The smallest absolute Gasteiger partial charge is 0.171 e. The minimum Gasteiger partial charge on any atom is -0.679 e. The molecular weight excluding hydrogens is 214 g/mol. The Morgan fingerprint density at radius 3 is 1.11 bits per heavy atom. The maximum Gasteiger partial charge on any atom is -0.171 e. The molecule has 0 heterocycles. The van der Waals surface area contributed by atoms with Crippen LogP contribution in [0.15, 0.2) is 0 Å². The van der Waals surface area contributed by atoms with Crippen molar-refractivity contribution >= 4 is 20.3 Å². The molecular formula is C2H10Cl2CoN2O2-. The Labute approximate surface area is 69.0 Å². The molecule has 0 amide bonds. The average molecular weight is 224 g/mol. The molecule has 0 spiro atoms. The quantitative estimate of drug-likeness (QED) is 0.627. The maximum atomic E-state index is 6.26.